The first-order valence-electron chi connectivity index (χ1n) is 4.59. The Labute approximate surface area is 88.7 Å². The second-order valence-electron chi connectivity index (χ2n) is 3.22. The van der Waals surface area contributed by atoms with Crippen molar-refractivity contribution in [1.29, 1.82) is 0 Å². The molecule has 0 bridgehead atoms. The van der Waals surface area contributed by atoms with Gasteiger partial charge in [-0.25, -0.2) is 0 Å². The summed E-state index contributed by atoms with van der Waals surface area (Å²) in [5.74, 6) is 0.424. The van der Waals surface area contributed by atoms with Crippen molar-refractivity contribution in [3.8, 4) is 0 Å². The van der Waals surface area contributed by atoms with Crippen molar-refractivity contribution in [2.75, 3.05) is 12.5 Å². The van der Waals surface area contributed by atoms with Gasteiger partial charge in [0, 0.05) is 17.1 Å². The highest BCUT2D eigenvalue weighted by Gasteiger charge is 2.14. The summed E-state index contributed by atoms with van der Waals surface area (Å²) < 4.78 is 1.36. The summed E-state index contributed by atoms with van der Waals surface area (Å²) in [6, 6.07) is 0. The van der Waals surface area contributed by atoms with E-state index in [4.69, 9.17) is 0 Å². The van der Waals surface area contributed by atoms with E-state index < -0.39 is 0 Å². The number of rotatable bonds is 2. The van der Waals surface area contributed by atoms with Crippen LogP contribution in [0.2, 0.25) is 0 Å². The van der Waals surface area contributed by atoms with Gasteiger partial charge in [0.2, 0.25) is 0 Å². The van der Waals surface area contributed by atoms with E-state index in [9.17, 15) is 4.79 Å². The second kappa shape index (κ2) is 5.76. The predicted molar refractivity (Wildman–Crippen MR) is 62.1 cm³/mol. The van der Waals surface area contributed by atoms with E-state index in [1.807, 2.05) is 0 Å². The molecule has 0 aliphatic heterocycles. The Hall–Kier alpha value is 0.110. The minimum Gasteiger partial charge on any atom is -0.299 e. The van der Waals surface area contributed by atoms with Crippen LogP contribution in [-0.4, -0.2) is 18.3 Å². The number of ketones is 1. The third-order valence-electron chi connectivity index (χ3n) is 2.25. The largest absolute Gasteiger partial charge is 0.299 e. The molecule has 1 saturated carbocycles. The first kappa shape index (κ1) is 11.2. The second-order valence-corrected chi connectivity index (χ2v) is 5.11. The Morgan fingerprint density at radius 1 is 1.15 bits per heavy atom. The Balaban J connectivity index is 2.75. The third kappa shape index (κ3) is 3.39. The van der Waals surface area contributed by atoms with E-state index in [0.29, 0.717) is 12.2 Å². The summed E-state index contributed by atoms with van der Waals surface area (Å²) in [6.45, 7) is 0. The predicted octanol–water partition coefficient (Wildman–Crippen LogP) is 3.46. The zero-order valence-corrected chi connectivity index (χ0v) is 9.89. The highest BCUT2D eigenvalue weighted by molar-refractivity contribution is 8.21. The van der Waals surface area contributed by atoms with Gasteiger partial charge in [-0.05, 0) is 37.3 Å². The van der Waals surface area contributed by atoms with Crippen LogP contribution in [0, 0.1) is 0 Å². The van der Waals surface area contributed by atoms with Gasteiger partial charge in [0.05, 0.1) is 0 Å². The van der Waals surface area contributed by atoms with Gasteiger partial charge < -0.3 is 0 Å². The van der Waals surface area contributed by atoms with E-state index in [0.717, 1.165) is 19.3 Å². The molecule has 0 amide bonds. The van der Waals surface area contributed by atoms with Crippen LogP contribution >= 0.6 is 23.5 Å². The average Bonchev–Trinajstić information content (AvgIpc) is 2.32. The fraction of sp³-hybridized carbons (Fsp3) is 0.700. The van der Waals surface area contributed by atoms with Crippen LogP contribution in [0.1, 0.15) is 32.1 Å². The van der Waals surface area contributed by atoms with Crippen molar-refractivity contribution < 1.29 is 4.79 Å². The first-order chi connectivity index (χ1) is 6.27. The summed E-state index contributed by atoms with van der Waals surface area (Å²) >= 11 is 3.56. The standard InChI is InChI=1S/C10H16OS2/c1-12-10(13-2)8-5-3-4-6-9(11)7-8/h3-7H2,1-2H3. The third-order valence-corrected chi connectivity index (χ3v) is 4.57. The molecule has 0 aromatic rings. The van der Waals surface area contributed by atoms with Gasteiger partial charge in [-0.3, -0.25) is 4.79 Å². The molecule has 74 valence electrons. The van der Waals surface area contributed by atoms with Crippen molar-refractivity contribution in [2.24, 2.45) is 0 Å². The molecule has 0 unspecified atom stereocenters. The number of Topliss-reactive ketones (excluding diaryl/α,β-unsaturated/α-hetero) is 1. The van der Waals surface area contributed by atoms with Gasteiger partial charge in [0.15, 0.2) is 0 Å². The van der Waals surface area contributed by atoms with Crippen LogP contribution < -0.4 is 0 Å². The lowest BCUT2D eigenvalue weighted by Crippen LogP contribution is -1.96. The maximum Gasteiger partial charge on any atom is 0.137 e. The molecular formula is C10H16OS2. The van der Waals surface area contributed by atoms with Crippen molar-refractivity contribution in [1.82, 2.24) is 0 Å². The molecule has 0 atom stereocenters. The van der Waals surface area contributed by atoms with E-state index in [1.165, 1.54) is 16.2 Å². The van der Waals surface area contributed by atoms with E-state index >= 15 is 0 Å². The highest BCUT2D eigenvalue weighted by atomic mass is 32.2. The number of hydrogen-bond acceptors (Lipinski definition) is 3. The maximum atomic E-state index is 11.4. The molecule has 13 heavy (non-hydrogen) atoms. The molecule has 1 fully saturated rings. The van der Waals surface area contributed by atoms with Crippen LogP contribution in [0.15, 0.2) is 9.81 Å². The van der Waals surface area contributed by atoms with Gasteiger partial charge in [-0.1, -0.05) is 0 Å². The minimum absolute atomic E-state index is 0.424. The Kier molecular flexibility index (Phi) is 4.96. The molecule has 1 aliphatic carbocycles. The van der Waals surface area contributed by atoms with Gasteiger partial charge in [0.25, 0.3) is 0 Å². The lowest BCUT2D eigenvalue weighted by molar-refractivity contribution is -0.118. The normalized spacial score (nSPS) is 18.6. The zero-order chi connectivity index (χ0) is 9.68. The van der Waals surface area contributed by atoms with Crippen molar-refractivity contribution in [3.63, 3.8) is 0 Å². The van der Waals surface area contributed by atoms with Crippen LogP contribution in [0.25, 0.3) is 0 Å². The van der Waals surface area contributed by atoms with Crippen LogP contribution in [0.3, 0.4) is 0 Å². The van der Waals surface area contributed by atoms with E-state index in [2.05, 4.69) is 12.5 Å². The fourth-order valence-corrected chi connectivity index (χ4v) is 3.21. The SMILES string of the molecule is CSC(SC)=C1CCCCC(=O)C1. The Morgan fingerprint density at radius 3 is 2.38 bits per heavy atom. The topological polar surface area (TPSA) is 17.1 Å². The van der Waals surface area contributed by atoms with Crippen LogP contribution in [0.5, 0.6) is 0 Å². The monoisotopic (exact) mass is 216 g/mol. The van der Waals surface area contributed by atoms with Crippen LogP contribution in [-0.2, 0) is 4.79 Å². The molecule has 0 aromatic carbocycles. The number of allylic oxidation sites excluding steroid dienone is 1. The summed E-state index contributed by atoms with van der Waals surface area (Å²) in [5.41, 5.74) is 1.38. The number of carbonyl (C=O) groups excluding carboxylic acids is 1. The molecule has 0 N–H and O–H groups in total. The average molecular weight is 216 g/mol. The molecule has 1 aliphatic rings. The van der Waals surface area contributed by atoms with Crippen molar-refractivity contribution in [3.05, 3.63) is 9.81 Å². The summed E-state index contributed by atoms with van der Waals surface area (Å²) in [4.78, 5) is 11.4. The van der Waals surface area contributed by atoms with Crippen LogP contribution in [0.4, 0.5) is 0 Å². The van der Waals surface area contributed by atoms with Crippen molar-refractivity contribution in [2.45, 2.75) is 32.1 Å². The molecule has 0 heterocycles. The molecule has 0 spiro atoms. The molecular weight excluding hydrogens is 200 g/mol. The van der Waals surface area contributed by atoms with E-state index in [1.54, 1.807) is 23.5 Å². The molecule has 0 saturated heterocycles. The number of carbonyl (C=O) groups is 1. The van der Waals surface area contributed by atoms with Gasteiger partial charge in [-0.15, -0.1) is 23.5 Å². The molecule has 3 heteroatoms. The lowest BCUT2D eigenvalue weighted by Gasteiger charge is -2.07. The summed E-state index contributed by atoms with van der Waals surface area (Å²) in [5, 5.41) is 0. The summed E-state index contributed by atoms with van der Waals surface area (Å²) in [7, 11) is 0. The smallest absolute Gasteiger partial charge is 0.137 e. The fourth-order valence-electron chi connectivity index (χ4n) is 1.62. The molecule has 1 rings (SSSR count). The van der Waals surface area contributed by atoms with Gasteiger partial charge in [0.1, 0.15) is 5.78 Å². The summed E-state index contributed by atoms with van der Waals surface area (Å²) in [6.07, 6.45) is 9.08. The van der Waals surface area contributed by atoms with Gasteiger partial charge in [-0.2, -0.15) is 0 Å². The molecule has 1 nitrogen and oxygen atoms in total. The highest BCUT2D eigenvalue weighted by Crippen LogP contribution is 2.33. The maximum absolute atomic E-state index is 11.4. The minimum atomic E-state index is 0.424. The zero-order valence-electron chi connectivity index (χ0n) is 8.26. The van der Waals surface area contributed by atoms with Crippen molar-refractivity contribution >= 4 is 29.3 Å². The first-order valence-corrected chi connectivity index (χ1v) is 7.04. The number of thioether (sulfide) groups is 2. The Bertz CT molecular complexity index is 215. The Morgan fingerprint density at radius 2 is 1.77 bits per heavy atom. The molecule has 0 radical (unpaired) electrons. The van der Waals surface area contributed by atoms with Gasteiger partial charge >= 0.3 is 0 Å². The van der Waals surface area contributed by atoms with E-state index in [-0.39, 0.29) is 0 Å². The molecule has 0 aromatic heterocycles. The quantitative estimate of drug-likeness (QED) is 0.658. The number of hydrogen-bond donors (Lipinski definition) is 0. The lowest BCUT2D eigenvalue weighted by atomic mass is 10.1.